The number of hydrogen-bond donors (Lipinski definition) is 2. The molecule has 1 heterocycles. The van der Waals surface area contributed by atoms with Gasteiger partial charge in [0.25, 0.3) is 11.8 Å². The number of rotatable bonds is 6. The van der Waals surface area contributed by atoms with Crippen molar-refractivity contribution in [1.29, 1.82) is 0 Å². The molecule has 2 N–H and O–H groups in total. The van der Waals surface area contributed by atoms with Crippen LogP contribution in [0.25, 0.3) is 5.69 Å². The predicted octanol–water partition coefficient (Wildman–Crippen LogP) is 3.34. The van der Waals surface area contributed by atoms with Gasteiger partial charge in [-0.25, -0.2) is 4.68 Å². The average molecular weight is 403 g/mol. The third-order valence-electron chi connectivity index (χ3n) is 3.74. The van der Waals surface area contributed by atoms with Gasteiger partial charge in [0.15, 0.2) is 5.69 Å². The third-order valence-corrected chi connectivity index (χ3v) is 4.38. The second-order valence-electron chi connectivity index (χ2n) is 5.59. The van der Waals surface area contributed by atoms with Gasteiger partial charge in [-0.1, -0.05) is 47.5 Å². The summed E-state index contributed by atoms with van der Waals surface area (Å²) in [5.41, 5.74) is 1.33. The van der Waals surface area contributed by atoms with Crippen molar-refractivity contribution in [2.75, 3.05) is 13.1 Å². The maximum Gasteiger partial charge on any atom is 0.271 e. The molecule has 27 heavy (non-hydrogen) atoms. The van der Waals surface area contributed by atoms with E-state index in [1.807, 2.05) is 12.1 Å². The minimum atomic E-state index is -0.340. The quantitative estimate of drug-likeness (QED) is 0.620. The highest BCUT2D eigenvalue weighted by atomic mass is 35.5. The molecule has 0 radical (unpaired) electrons. The predicted molar refractivity (Wildman–Crippen MR) is 105 cm³/mol. The second-order valence-corrected chi connectivity index (χ2v) is 6.40. The Balaban J connectivity index is 1.51. The number of halogens is 2. The van der Waals surface area contributed by atoms with Gasteiger partial charge < -0.3 is 10.6 Å². The Hall–Kier alpha value is -2.83. The fraction of sp³-hybridized carbons (Fsp3) is 0.105. The number of hydrogen-bond acceptors (Lipinski definition) is 3. The molecular formula is C19H16Cl2N4O2. The number of para-hydroxylation sites is 1. The van der Waals surface area contributed by atoms with Crippen LogP contribution in [0.2, 0.25) is 10.0 Å². The van der Waals surface area contributed by atoms with Crippen LogP contribution in [-0.2, 0) is 0 Å². The highest BCUT2D eigenvalue weighted by molar-refractivity contribution is 6.33. The second kappa shape index (κ2) is 8.70. The monoisotopic (exact) mass is 402 g/mol. The van der Waals surface area contributed by atoms with E-state index in [4.69, 9.17) is 23.2 Å². The lowest BCUT2D eigenvalue weighted by atomic mass is 10.2. The molecule has 0 saturated carbocycles. The number of carbonyl (C=O) groups excluding carboxylic acids is 2. The van der Waals surface area contributed by atoms with E-state index in [0.717, 1.165) is 0 Å². The molecule has 6 nitrogen and oxygen atoms in total. The van der Waals surface area contributed by atoms with Crippen LogP contribution in [0.5, 0.6) is 0 Å². The smallest absolute Gasteiger partial charge is 0.271 e. The summed E-state index contributed by atoms with van der Waals surface area (Å²) in [7, 11) is 0. The Morgan fingerprint density at radius 1 is 0.852 bits per heavy atom. The summed E-state index contributed by atoms with van der Waals surface area (Å²) in [5.74, 6) is -0.634. The lowest BCUT2D eigenvalue weighted by Crippen LogP contribution is -2.35. The van der Waals surface area contributed by atoms with Gasteiger partial charge in [-0.3, -0.25) is 9.59 Å². The van der Waals surface area contributed by atoms with Gasteiger partial charge >= 0.3 is 0 Å². The van der Waals surface area contributed by atoms with E-state index in [2.05, 4.69) is 15.7 Å². The summed E-state index contributed by atoms with van der Waals surface area (Å²) >= 11 is 12.1. The number of carbonyl (C=O) groups is 2. The summed E-state index contributed by atoms with van der Waals surface area (Å²) in [4.78, 5) is 24.2. The van der Waals surface area contributed by atoms with E-state index in [0.29, 0.717) is 21.3 Å². The van der Waals surface area contributed by atoms with Crippen LogP contribution in [-0.4, -0.2) is 34.7 Å². The number of benzene rings is 2. The third kappa shape index (κ3) is 4.67. The Morgan fingerprint density at radius 3 is 2.19 bits per heavy atom. The zero-order valence-corrected chi connectivity index (χ0v) is 15.7. The zero-order chi connectivity index (χ0) is 19.2. The summed E-state index contributed by atoms with van der Waals surface area (Å²) in [6, 6.07) is 15.6. The number of nitrogens with zero attached hydrogens (tertiary/aromatic N) is 2. The molecule has 3 aromatic rings. The standard InChI is InChI=1S/C19H16Cl2N4O2/c20-14-6-2-1-5-13(14)18(26)22-10-11-23-19(27)16-9-12-25(24-16)17-8-4-3-7-15(17)21/h1-9,12H,10-11H2,(H,22,26)(H,23,27). The molecule has 0 fully saturated rings. The van der Waals surface area contributed by atoms with Gasteiger partial charge in [-0.05, 0) is 30.3 Å². The number of amides is 2. The number of nitrogens with one attached hydrogen (secondary N) is 2. The van der Waals surface area contributed by atoms with Crippen LogP contribution in [0, 0.1) is 0 Å². The molecule has 0 bridgehead atoms. The van der Waals surface area contributed by atoms with Crippen LogP contribution < -0.4 is 10.6 Å². The van der Waals surface area contributed by atoms with E-state index in [-0.39, 0.29) is 30.6 Å². The molecular weight excluding hydrogens is 387 g/mol. The van der Waals surface area contributed by atoms with Gasteiger partial charge in [-0.2, -0.15) is 5.10 Å². The Labute approximate surface area is 166 Å². The molecule has 138 valence electrons. The van der Waals surface area contributed by atoms with Crippen LogP contribution in [0.1, 0.15) is 20.8 Å². The first-order valence-corrected chi connectivity index (χ1v) is 8.93. The van der Waals surface area contributed by atoms with E-state index < -0.39 is 0 Å². The van der Waals surface area contributed by atoms with E-state index in [1.54, 1.807) is 48.7 Å². The zero-order valence-electron chi connectivity index (χ0n) is 14.2. The van der Waals surface area contributed by atoms with E-state index in [1.165, 1.54) is 4.68 Å². The minimum absolute atomic E-state index is 0.257. The van der Waals surface area contributed by atoms with Crippen molar-refractivity contribution in [3.05, 3.63) is 82.1 Å². The summed E-state index contributed by atoms with van der Waals surface area (Å²) < 4.78 is 1.54. The highest BCUT2D eigenvalue weighted by Crippen LogP contribution is 2.19. The lowest BCUT2D eigenvalue weighted by Gasteiger charge is -2.07. The molecule has 0 spiro atoms. The van der Waals surface area contributed by atoms with E-state index >= 15 is 0 Å². The first-order valence-electron chi connectivity index (χ1n) is 8.18. The van der Waals surface area contributed by atoms with Gasteiger partial charge in [-0.15, -0.1) is 0 Å². The molecule has 0 atom stereocenters. The molecule has 3 rings (SSSR count). The highest BCUT2D eigenvalue weighted by Gasteiger charge is 2.12. The van der Waals surface area contributed by atoms with Crippen molar-refractivity contribution in [1.82, 2.24) is 20.4 Å². The van der Waals surface area contributed by atoms with Crippen molar-refractivity contribution < 1.29 is 9.59 Å². The molecule has 2 aromatic carbocycles. The van der Waals surface area contributed by atoms with Gasteiger partial charge in [0, 0.05) is 19.3 Å². The topological polar surface area (TPSA) is 76.0 Å². The molecule has 0 saturated heterocycles. The van der Waals surface area contributed by atoms with Gasteiger partial charge in [0.2, 0.25) is 0 Å². The number of aromatic nitrogens is 2. The molecule has 0 aliphatic carbocycles. The Morgan fingerprint density at radius 2 is 1.48 bits per heavy atom. The van der Waals surface area contributed by atoms with Crippen LogP contribution >= 0.6 is 23.2 Å². The average Bonchev–Trinajstić information content (AvgIpc) is 3.15. The SMILES string of the molecule is O=C(NCCNC(=O)c1ccccc1Cl)c1ccn(-c2ccccc2Cl)n1. The first-order chi connectivity index (χ1) is 13.1. The summed E-state index contributed by atoms with van der Waals surface area (Å²) in [6.45, 7) is 0.523. The van der Waals surface area contributed by atoms with Gasteiger partial charge in [0.1, 0.15) is 0 Å². The van der Waals surface area contributed by atoms with E-state index in [9.17, 15) is 9.59 Å². The fourth-order valence-electron chi connectivity index (χ4n) is 2.40. The molecule has 1 aromatic heterocycles. The molecule has 2 amide bonds. The van der Waals surface area contributed by atoms with Crippen LogP contribution in [0.15, 0.2) is 60.8 Å². The maximum absolute atomic E-state index is 12.2. The Bertz CT molecular complexity index is 972. The first kappa shape index (κ1) is 18.9. The van der Waals surface area contributed by atoms with Crippen LogP contribution in [0.3, 0.4) is 0 Å². The molecule has 0 unspecified atom stereocenters. The molecule has 0 aliphatic heterocycles. The minimum Gasteiger partial charge on any atom is -0.350 e. The Kier molecular flexibility index (Phi) is 6.11. The van der Waals surface area contributed by atoms with Crippen molar-refractivity contribution in [2.45, 2.75) is 0 Å². The van der Waals surface area contributed by atoms with Crippen molar-refractivity contribution in [2.24, 2.45) is 0 Å². The normalized spacial score (nSPS) is 10.4. The fourth-order valence-corrected chi connectivity index (χ4v) is 2.84. The summed E-state index contributed by atoms with van der Waals surface area (Å²) in [6.07, 6.45) is 1.66. The largest absolute Gasteiger partial charge is 0.350 e. The maximum atomic E-state index is 12.2. The van der Waals surface area contributed by atoms with Crippen LogP contribution in [0.4, 0.5) is 0 Å². The van der Waals surface area contributed by atoms with Crippen molar-refractivity contribution in [3.63, 3.8) is 0 Å². The van der Waals surface area contributed by atoms with Gasteiger partial charge in [0.05, 0.1) is 21.3 Å². The molecule has 8 heteroatoms. The lowest BCUT2D eigenvalue weighted by molar-refractivity contribution is 0.0925. The van der Waals surface area contributed by atoms with Crippen molar-refractivity contribution >= 4 is 35.0 Å². The summed E-state index contributed by atoms with van der Waals surface area (Å²) in [5, 5.41) is 10.6. The molecule has 0 aliphatic rings. The van der Waals surface area contributed by atoms with Crippen molar-refractivity contribution in [3.8, 4) is 5.69 Å².